The van der Waals surface area contributed by atoms with E-state index in [1.165, 1.54) is 6.07 Å². The Kier molecular flexibility index (Phi) is 1.53. The van der Waals surface area contributed by atoms with Gasteiger partial charge < -0.3 is 0 Å². The van der Waals surface area contributed by atoms with Crippen LogP contribution >= 0.6 is 0 Å². The standard InChI is InChI=1S/C7H6N2O3/c10-9(11)6-4-2-1-3-5(6)7-8-12-7/h1-4,7-8H. The summed E-state index contributed by atoms with van der Waals surface area (Å²) in [5.74, 6) is 0. The van der Waals surface area contributed by atoms with Crippen molar-refractivity contribution in [1.29, 1.82) is 0 Å². The van der Waals surface area contributed by atoms with Gasteiger partial charge in [0.25, 0.3) is 5.69 Å². The molecule has 0 bridgehead atoms. The van der Waals surface area contributed by atoms with E-state index < -0.39 is 4.92 Å². The Morgan fingerprint density at radius 2 is 2.17 bits per heavy atom. The van der Waals surface area contributed by atoms with Crippen LogP contribution in [0.25, 0.3) is 0 Å². The summed E-state index contributed by atoms with van der Waals surface area (Å²) in [6.45, 7) is 0. The van der Waals surface area contributed by atoms with Gasteiger partial charge in [0.15, 0.2) is 6.23 Å². The molecule has 12 heavy (non-hydrogen) atoms. The van der Waals surface area contributed by atoms with Crippen LogP contribution in [0.5, 0.6) is 0 Å². The van der Waals surface area contributed by atoms with Gasteiger partial charge in [-0.2, -0.15) is 5.48 Å². The highest BCUT2D eigenvalue weighted by Crippen LogP contribution is 2.30. The molecule has 1 heterocycles. The molecule has 1 unspecified atom stereocenters. The Morgan fingerprint density at radius 1 is 1.50 bits per heavy atom. The van der Waals surface area contributed by atoms with Crippen molar-refractivity contribution in [3.63, 3.8) is 0 Å². The third-order valence-corrected chi connectivity index (χ3v) is 1.65. The number of benzene rings is 1. The van der Waals surface area contributed by atoms with E-state index in [1.807, 2.05) is 0 Å². The lowest BCUT2D eigenvalue weighted by Crippen LogP contribution is -1.94. The van der Waals surface area contributed by atoms with E-state index in [2.05, 4.69) is 5.48 Å². The minimum atomic E-state index is -0.418. The molecule has 1 fully saturated rings. The normalized spacial score (nSPS) is 20.5. The van der Waals surface area contributed by atoms with Crippen molar-refractivity contribution in [2.24, 2.45) is 0 Å². The molecular formula is C7H6N2O3. The smallest absolute Gasteiger partial charge is 0.273 e. The third-order valence-electron chi connectivity index (χ3n) is 1.65. The fourth-order valence-electron chi connectivity index (χ4n) is 1.04. The summed E-state index contributed by atoms with van der Waals surface area (Å²) in [5.41, 5.74) is 3.20. The molecular weight excluding hydrogens is 160 g/mol. The highest BCUT2D eigenvalue weighted by Gasteiger charge is 2.31. The average Bonchev–Trinajstić information content (AvgIpc) is 2.87. The summed E-state index contributed by atoms with van der Waals surface area (Å²) in [4.78, 5) is 14.8. The Labute approximate surface area is 68.1 Å². The fraction of sp³-hybridized carbons (Fsp3) is 0.143. The van der Waals surface area contributed by atoms with Gasteiger partial charge >= 0.3 is 0 Å². The van der Waals surface area contributed by atoms with E-state index in [4.69, 9.17) is 4.84 Å². The minimum absolute atomic E-state index is 0.0903. The molecule has 0 saturated carbocycles. The molecule has 1 atom stereocenters. The first kappa shape index (κ1) is 7.20. The molecule has 1 aromatic rings. The molecule has 1 saturated heterocycles. The maximum absolute atomic E-state index is 10.5. The first-order valence-electron chi connectivity index (χ1n) is 3.43. The summed E-state index contributed by atoms with van der Waals surface area (Å²) in [5, 5.41) is 10.5. The van der Waals surface area contributed by atoms with Gasteiger partial charge in [-0.1, -0.05) is 12.1 Å². The van der Waals surface area contributed by atoms with Gasteiger partial charge in [0.05, 0.1) is 10.5 Å². The quantitative estimate of drug-likeness (QED) is 0.405. The molecule has 2 rings (SSSR count). The van der Waals surface area contributed by atoms with Crippen LogP contribution in [0.4, 0.5) is 5.69 Å². The number of nitro groups is 1. The van der Waals surface area contributed by atoms with Crippen LogP contribution in [0, 0.1) is 10.1 Å². The van der Waals surface area contributed by atoms with Crippen molar-refractivity contribution < 1.29 is 9.76 Å². The number of para-hydroxylation sites is 1. The van der Waals surface area contributed by atoms with Gasteiger partial charge in [-0.05, 0) is 6.07 Å². The maximum Gasteiger partial charge on any atom is 0.276 e. The van der Waals surface area contributed by atoms with Crippen LogP contribution in [0.15, 0.2) is 24.3 Å². The average molecular weight is 166 g/mol. The lowest BCUT2D eigenvalue weighted by Gasteiger charge is -1.95. The number of rotatable bonds is 2. The second kappa shape index (κ2) is 2.54. The molecule has 0 amide bonds. The summed E-state index contributed by atoms with van der Waals surface area (Å²) in [6, 6.07) is 6.50. The topological polar surface area (TPSA) is 77.6 Å². The van der Waals surface area contributed by atoms with Crippen LogP contribution < -0.4 is 5.48 Å². The second-order valence-corrected chi connectivity index (χ2v) is 2.43. The van der Waals surface area contributed by atoms with Crippen LogP contribution in [0.2, 0.25) is 0 Å². The van der Waals surface area contributed by atoms with Crippen LogP contribution in [-0.2, 0) is 4.84 Å². The minimum Gasteiger partial charge on any atom is -0.273 e. The highest BCUT2D eigenvalue weighted by atomic mass is 16.8. The highest BCUT2D eigenvalue weighted by molar-refractivity contribution is 5.41. The van der Waals surface area contributed by atoms with Crippen molar-refractivity contribution in [3.05, 3.63) is 39.9 Å². The molecule has 0 aromatic heterocycles. The molecule has 1 aromatic carbocycles. The van der Waals surface area contributed by atoms with Crippen molar-refractivity contribution in [2.45, 2.75) is 6.23 Å². The van der Waals surface area contributed by atoms with Gasteiger partial charge in [0, 0.05) is 6.07 Å². The Balaban J connectivity index is 2.43. The summed E-state index contributed by atoms with van der Waals surface area (Å²) >= 11 is 0. The number of hydrogen-bond acceptors (Lipinski definition) is 4. The van der Waals surface area contributed by atoms with E-state index in [0.29, 0.717) is 5.56 Å². The Morgan fingerprint density at radius 3 is 2.75 bits per heavy atom. The summed E-state index contributed by atoms with van der Waals surface area (Å²) in [6.07, 6.45) is -0.299. The zero-order chi connectivity index (χ0) is 8.55. The van der Waals surface area contributed by atoms with E-state index in [-0.39, 0.29) is 11.9 Å². The molecule has 5 heteroatoms. The van der Waals surface area contributed by atoms with E-state index in [0.717, 1.165) is 0 Å². The van der Waals surface area contributed by atoms with Crippen molar-refractivity contribution in [3.8, 4) is 0 Å². The monoisotopic (exact) mass is 166 g/mol. The van der Waals surface area contributed by atoms with E-state index in [9.17, 15) is 10.1 Å². The zero-order valence-corrected chi connectivity index (χ0v) is 6.06. The molecule has 1 N–H and O–H groups in total. The lowest BCUT2D eigenvalue weighted by molar-refractivity contribution is -0.385. The van der Waals surface area contributed by atoms with Crippen molar-refractivity contribution in [2.75, 3.05) is 0 Å². The number of hydroxylamine groups is 1. The first-order valence-corrected chi connectivity index (χ1v) is 3.43. The fourth-order valence-corrected chi connectivity index (χ4v) is 1.04. The summed E-state index contributed by atoms with van der Waals surface area (Å²) in [7, 11) is 0. The van der Waals surface area contributed by atoms with Crippen molar-refractivity contribution >= 4 is 5.69 Å². The molecule has 0 aliphatic carbocycles. The molecule has 5 nitrogen and oxygen atoms in total. The molecule has 1 aliphatic rings. The second-order valence-electron chi connectivity index (χ2n) is 2.43. The van der Waals surface area contributed by atoms with Gasteiger partial charge in [-0.3, -0.25) is 15.0 Å². The van der Waals surface area contributed by atoms with Crippen molar-refractivity contribution in [1.82, 2.24) is 5.48 Å². The number of nitrogens with one attached hydrogen (secondary N) is 1. The SMILES string of the molecule is O=[N+]([O-])c1ccccc1C1NO1. The van der Waals surface area contributed by atoms with Gasteiger partial charge in [0.2, 0.25) is 0 Å². The van der Waals surface area contributed by atoms with Crippen LogP contribution in [0.1, 0.15) is 11.8 Å². The van der Waals surface area contributed by atoms with Crippen LogP contribution in [0.3, 0.4) is 0 Å². The number of nitro benzene ring substituents is 1. The van der Waals surface area contributed by atoms with Crippen LogP contribution in [-0.4, -0.2) is 4.92 Å². The molecule has 0 radical (unpaired) electrons. The molecule has 1 aliphatic heterocycles. The zero-order valence-electron chi connectivity index (χ0n) is 6.06. The molecule has 62 valence electrons. The lowest BCUT2D eigenvalue weighted by atomic mass is 10.2. The number of hydrogen-bond donors (Lipinski definition) is 1. The van der Waals surface area contributed by atoms with Gasteiger partial charge in [-0.15, -0.1) is 0 Å². The van der Waals surface area contributed by atoms with E-state index in [1.54, 1.807) is 18.2 Å². The Bertz CT molecular complexity index is 322. The number of nitrogens with zero attached hydrogens (tertiary/aromatic N) is 1. The maximum atomic E-state index is 10.5. The first-order chi connectivity index (χ1) is 5.79. The van der Waals surface area contributed by atoms with Gasteiger partial charge in [-0.25, -0.2) is 0 Å². The predicted octanol–water partition coefficient (Wildman–Crippen LogP) is 1.13. The predicted molar refractivity (Wildman–Crippen MR) is 40.1 cm³/mol. The van der Waals surface area contributed by atoms with Gasteiger partial charge in [0.1, 0.15) is 0 Å². The largest absolute Gasteiger partial charge is 0.276 e. The summed E-state index contributed by atoms with van der Waals surface area (Å²) < 4.78 is 0. The third kappa shape index (κ3) is 1.15. The molecule has 0 spiro atoms. The van der Waals surface area contributed by atoms with E-state index >= 15 is 0 Å². The Hall–Kier alpha value is -1.46.